The highest BCUT2D eigenvalue weighted by molar-refractivity contribution is 7.99. The average molecular weight is 340 g/mol. The number of benzene rings is 2. The third-order valence-electron chi connectivity index (χ3n) is 3.43. The summed E-state index contributed by atoms with van der Waals surface area (Å²) < 4.78 is 6.87. The molecule has 2 aromatic carbocycles. The first-order valence-corrected chi connectivity index (χ1v) is 8.32. The van der Waals surface area contributed by atoms with Gasteiger partial charge in [0.05, 0.1) is 24.1 Å². The Labute approximate surface area is 143 Å². The molecule has 0 saturated heterocycles. The molecule has 1 aromatic heterocycles. The molecule has 3 rings (SSSR count). The van der Waals surface area contributed by atoms with Gasteiger partial charge >= 0.3 is 0 Å². The molecule has 0 amide bonds. The van der Waals surface area contributed by atoms with E-state index in [0.29, 0.717) is 16.5 Å². The molecule has 6 nitrogen and oxygen atoms in total. The first kappa shape index (κ1) is 16.2. The van der Waals surface area contributed by atoms with E-state index in [-0.39, 0.29) is 11.5 Å². The SMILES string of the molecule is COc1ccccc1C(=O)CSc1nnnn1-c1cccc(C)c1. The van der Waals surface area contributed by atoms with Crippen molar-refractivity contribution in [2.75, 3.05) is 12.9 Å². The molecular weight excluding hydrogens is 324 g/mol. The van der Waals surface area contributed by atoms with Gasteiger partial charge in [0, 0.05) is 0 Å². The minimum atomic E-state index is -0.0313. The first-order chi connectivity index (χ1) is 11.7. The van der Waals surface area contributed by atoms with Gasteiger partial charge in [0.2, 0.25) is 5.16 Å². The number of hydrogen-bond acceptors (Lipinski definition) is 6. The van der Waals surface area contributed by atoms with Crippen molar-refractivity contribution < 1.29 is 9.53 Å². The molecular formula is C17H16N4O2S. The van der Waals surface area contributed by atoms with Crippen LogP contribution in [0.2, 0.25) is 0 Å². The van der Waals surface area contributed by atoms with Crippen LogP contribution in [0.3, 0.4) is 0 Å². The van der Waals surface area contributed by atoms with Gasteiger partial charge in [-0.1, -0.05) is 36.0 Å². The van der Waals surface area contributed by atoms with E-state index < -0.39 is 0 Å². The number of para-hydroxylation sites is 1. The summed E-state index contributed by atoms with van der Waals surface area (Å²) in [5.41, 5.74) is 2.54. The highest BCUT2D eigenvalue weighted by atomic mass is 32.2. The predicted molar refractivity (Wildman–Crippen MR) is 91.9 cm³/mol. The van der Waals surface area contributed by atoms with Gasteiger partial charge < -0.3 is 4.74 Å². The number of methoxy groups -OCH3 is 1. The number of carbonyl (C=O) groups is 1. The van der Waals surface area contributed by atoms with Crippen LogP contribution in [0.1, 0.15) is 15.9 Å². The summed E-state index contributed by atoms with van der Waals surface area (Å²) in [7, 11) is 1.55. The molecule has 0 spiro atoms. The van der Waals surface area contributed by atoms with Gasteiger partial charge in [-0.25, -0.2) is 0 Å². The Kier molecular flexibility index (Phi) is 4.90. The molecule has 122 valence electrons. The van der Waals surface area contributed by atoms with Crippen LogP contribution in [0.5, 0.6) is 5.75 Å². The molecule has 0 aliphatic heterocycles. The largest absolute Gasteiger partial charge is 0.496 e. The predicted octanol–water partition coefficient (Wildman–Crippen LogP) is 2.95. The van der Waals surface area contributed by atoms with Crippen molar-refractivity contribution in [1.82, 2.24) is 20.2 Å². The fraction of sp³-hybridized carbons (Fsp3) is 0.176. The summed E-state index contributed by atoms with van der Waals surface area (Å²) in [6.07, 6.45) is 0. The van der Waals surface area contributed by atoms with Crippen LogP contribution in [0.15, 0.2) is 53.7 Å². The molecule has 0 saturated carbocycles. The van der Waals surface area contributed by atoms with Crippen molar-refractivity contribution in [1.29, 1.82) is 0 Å². The Morgan fingerprint density at radius 1 is 1.21 bits per heavy atom. The quantitative estimate of drug-likeness (QED) is 0.507. The van der Waals surface area contributed by atoms with Crippen molar-refractivity contribution in [3.63, 3.8) is 0 Å². The number of hydrogen-bond donors (Lipinski definition) is 0. The Morgan fingerprint density at radius 3 is 2.83 bits per heavy atom. The van der Waals surface area contributed by atoms with E-state index in [0.717, 1.165) is 11.3 Å². The topological polar surface area (TPSA) is 69.9 Å². The molecule has 0 radical (unpaired) electrons. The van der Waals surface area contributed by atoms with E-state index in [1.165, 1.54) is 11.8 Å². The maximum atomic E-state index is 12.4. The van der Waals surface area contributed by atoms with E-state index in [4.69, 9.17) is 4.74 Å². The van der Waals surface area contributed by atoms with Crippen molar-refractivity contribution in [3.05, 3.63) is 59.7 Å². The third-order valence-corrected chi connectivity index (χ3v) is 4.35. The van der Waals surface area contributed by atoms with E-state index in [2.05, 4.69) is 15.5 Å². The normalized spacial score (nSPS) is 10.6. The molecule has 7 heteroatoms. The molecule has 0 N–H and O–H groups in total. The van der Waals surface area contributed by atoms with Crippen LogP contribution >= 0.6 is 11.8 Å². The molecule has 24 heavy (non-hydrogen) atoms. The zero-order valence-corrected chi connectivity index (χ0v) is 14.2. The lowest BCUT2D eigenvalue weighted by molar-refractivity contribution is 0.101. The fourth-order valence-electron chi connectivity index (χ4n) is 2.27. The van der Waals surface area contributed by atoms with Gasteiger partial charge in [-0.05, 0) is 47.2 Å². The van der Waals surface area contributed by atoms with Crippen LogP contribution < -0.4 is 4.74 Å². The second kappa shape index (κ2) is 7.27. The molecule has 0 fully saturated rings. The van der Waals surface area contributed by atoms with Crippen molar-refractivity contribution in [3.8, 4) is 11.4 Å². The van der Waals surface area contributed by atoms with Gasteiger partial charge in [0.15, 0.2) is 5.78 Å². The lowest BCUT2D eigenvalue weighted by atomic mass is 10.1. The standard InChI is InChI=1S/C17H16N4O2S/c1-12-6-5-7-13(10-12)21-17(18-19-20-21)24-11-15(22)14-8-3-4-9-16(14)23-2/h3-10H,11H2,1-2H3. The van der Waals surface area contributed by atoms with Crippen molar-refractivity contribution >= 4 is 17.5 Å². The minimum Gasteiger partial charge on any atom is -0.496 e. The van der Waals surface area contributed by atoms with Gasteiger partial charge in [0.1, 0.15) is 5.75 Å². The van der Waals surface area contributed by atoms with Gasteiger partial charge in [-0.2, -0.15) is 4.68 Å². The number of ether oxygens (including phenoxy) is 1. The van der Waals surface area contributed by atoms with E-state index in [1.807, 2.05) is 43.3 Å². The second-order valence-corrected chi connectivity index (χ2v) is 6.07. The third kappa shape index (κ3) is 3.46. The van der Waals surface area contributed by atoms with E-state index in [9.17, 15) is 4.79 Å². The van der Waals surface area contributed by atoms with Crippen LogP contribution in [0.4, 0.5) is 0 Å². The fourth-order valence-corrected chi connectivity index (χ4v) is 3.05. The Balaban J connectivity index is 1.76. The number of nitrogens with zero attached hydrogens (tertiary/aromatic N) is 4. The van der Waals surface area contributed by atoms with Crippen LogP contribution in [-0.4, -0.2) is 38.9 Å². The summed E-state index contributed by atoms with van der Waals surface area (Å²) in [6, 6.07) is 15.0. The number of rotatable bonds is 6. The van der Waals surface area contributed by atoms with Gasteiger partial charge in [0.25, 0.3) is 0 Å². The van der Waals surface area contributed by atoms with Crippen molar-refractivity contribution in [2.45, 2.75) is 12.1 Å². The molecule has 0 aliphatic rings. The first-order valence-electron chi connectivity index (χ1n) is 7.33. The van der Waals surface area contributed by atoms with Gasteiger partial charge in [-0.3, -0.25) is 4.79 Å². The number of aromatic nitrogens is 4. The monoisotopic (exact) mass is 340 g/mol. The Bertz CT molecular complexity index is 863. The molecule has 0 unspecified atom stereocenters. The maximum absolute atomic E-state index is 12.4. The van der Waals surface area contributed by atoms with Crippen LogP contribution in [0.25, 0.3) is 5.69 Å². The second-order valence-electron chi connectivity index (χ2n) is 5.12. The number of tetrazole rings is 1. The number of carbonyl (C=O) groups excluding carboxylic acids is 1. The van der Waals surface area contributed by atoms with Crippen molar-refractivity contribution in [2.24, 2.45) is 0 Å². The Morgan fingerprint density at radius 2 is 2.04 bits per heavy atom. The van der Waals surface area contributed by atoms with Crippen LogP contribution in [-0.2, 0) is 0 Å². The highest BCUT2D eigenvalue weighted by Crippen LogP contribution is 2.23. The molecule has 0 atom stereocenters. The lowest BCUT2D eigenvalue weighted by Crippen LogP contribution is -2.06. The molecule has 0 bridgehead atoms. The molecule has 3 aromatic rings. The summed E-state index contributed by atoms with van der Waals surface area (Å²) in [4.78, 5) is 12.4. The summed E-state index contributed by atoms with van der Waals surface area (Å²) in [5.74, 6) is 0.768. The minimum absolute atomic E-state index is 0.0313. The van der Waals surface area contributed by atoms with E-state index >= 15 is 0 Å². The highest BCUT2D eigenvalue weighted by Gasteiger charge is 2.15. The van der Waals surface area contributed by atoms with Gasteiger partial charge in [-0.15, -0.1) is 5.10 Å². The number of thioether (sulfide) groups is 1. The number of Topliss-reactive ketones (excluding diaryl/α,β-unsaturated/α-hetero) is 1. The smallest absolute Gasteiger partial charge is 0.214 e. The van der Waals surface area contributed by atoms with Crippen LogP contribution in [0, 0.1) is 6.92 Å². The lowest BCUT2D eigenvalue weighted by Gasteiger charge is -2.07. The molecule has 1 heterocycles. The zero-order valence-electron chi connectivity index (χ0n) is 13.3. The zero-order chi connectivity index (χ0) is 16.9. The summed E-state index contributed by atoms with van der Waals surface area (Å²) in [5, 5.41) is 12.3. The summed E-state index contributed by atoms with van der Waals surface area (Å²) >= 11 is 1.30. The molecule has 0 aliphatic carbocycles. The maximum Gasteiger partial charge on any atom is 0.214 e. The summed E-state index contributed by atoms with van der Waals surface area (Å²) in [6.45, 7) is 2.01. The van der Waals surface area contributed by atoms with E-state index in [1.54, 1.807) is 23.9 Å². The average Bonchev–Trinajstić information content (AvgIpc) is 3.08. The number of ketones is 1. The Hall–Kier alpha value is -2.67. The number of aryl methyl sites for hydroxylation is 1.